The van der Waals surface area contributed by atoms with Crippen molar-refractivity contribution in [2.45, 2.75) is 25.3 Å². The second-order valence-electron chi connectivity index (χ2n) is 3.91. The maximum absolute atomic E-state index is 9.01. The molecule has 0 aromatic carbocycles. The summed E-state index contributed by atoms with van der Waals surface area (Å²) in [7, 11) is 0. The van der Waals surface area contributed by atoms with Gasteiger partial charge in [0, 0.05) is 12.7 Å². The number of nitrogens with zero attached hydrogens (tertiary/aromatic N) is 3. The lowest BCUT2D eigenvalue weighted by atomic mass is 9.99. The second kappa shape index (κ2) is 5.19. The third-order valence-electron chi connectivity index (χ3n) is 2.95. The van der Waals surface area contributed by atoms with Crippen LogP contribution < -0.4 is 0 Å². The summed E-state index contributed by atoms with van der Waals surface area (Å²) in [6, 6.07) is 2.34. The fourth-order valence-corrected chi connectivity index (χ4v) is 2.22. The van der Waals surface area contributed by atoms with Crippen LogP contribution in [0, 0.1) is 0 Å². The molecule has 2 rings (SSSR count). The molecule has 0 saturated carbocycles. The van der Waals surface area contributed by atoms with Gasteiger partial charge in [0.1, 0.15) is 6.33 Å². The van der Waals surface area contributed by atoms with Gasteiger partial charge in [0.25, 0.3) is 0 Å². The number of hydrogen-bond acceptors (Lipinski definition) is 4. The first kappa shape index (κ1) is 10.5. The van der Waals surface area contributed by atoms with Gasteiger partial charge in [-0.1, -0.05) is 6.42 Å². The minimum Gasteiger partial charge on any atom is -0.395 e. The molecular formula is C11H17N3O. The van der Waals surface area contributed by atoms with Crippen LogP contribution in [0.5, 0.6) is 0 Å². The summed E-state index contributed by atoms with van der Waals surface area (Å²) in [5.41, 5.74) is 1.08. The van der Waals surface area contributed by atoms with Crippen LogP contribution in [0.2, 0.25) is 0 Å². The minimum atomic E-state index is 0.224. The standard InChI is InChI=1S/C11H17N3O/c15-8-7-14-6-2-1-3-11(14)10-4-5-12-9-13-10/h4-5,9,11,15H,1-3,6-8H2/t11-/m0/s1. The molecular weight excluding hydrogens is 190 g/mol. The first-order valence-electron chi connectivity index (χ1n) is 5.52. The number of aromatic nitrogens is 2. The Bertz CT molecular complexity index is 289. The van der Waals surface area contributed by atoms with Crippen molar-refractivity contribution in [2.75, 3.05) is 19.7 Å². The van der Waals surface area contributed by atoms with Gasteiger partial charge in [0.15, 0.2) is 0 Å². The molecule has 1 aliphatic rings. The van der Waals surface area contributed by atoms with E-state index in [4.69, 9.17) is 5.11 Å². The number of rotatable bonds is 3. The Morgan fingerprint density at radius 2 is 2.40 bits per heavy atom. The van der Waals surface area contributed by atoms with E-state index in [0.29, 0.717) is 6.04 Å². The predicted octanol–water partition coefficient (Wildman–Crippen LogP) is 0.996. The van der Waals surface area contributed by atoms with E-state index in [2.05, 4.69) is 14.9 Å². The van der Waals surface area contributed by atoms with Gasteiger partial charge in [-0.05, 0) is 25.5 Å². The van der Waals surface area contributed by atoms with Gasteiger partial charge < -0.3 is 5.11 Å². The average molecular weight is 207 g/mol. The van der Waals surface area contributed by atoms with Crippen molar-refractivity contribution in [1.29, 1.82) is 0 Å². The zero-order chi connectivity index (χ0) is 10.5. The summed E-state index contributed by atoms with van der Waals surface area (Å²) >= 11 is 0. The number of aliphatic hydroxyl groups is 1. The Morgan fingerprint density at radius 1 is 1.47 bits per heavy atom. The van der Waals surface area contributed by atoms with Crippen molar-refractivity contribution in [3.63, 3.8) is 0 Å². The van der Waals surface area contributed by atoms with E-state index in [0.717, 1.165) is 25.2 Å². The van der Waals surface area contributed by atoms with E-state index < -0.39 is 0 Å². The Labute approximate surface area is 90.0 Å². The molecule has 0 amide bonds. The number of aliphatic hydroxyl groups excluding tert-OH is 1. The molecule has 4 nitrogen and oxygen atoms in total. The monoisotopic (exact) mass is 207 g/mol. The van der Waals surface area contributed by atoms with E-state index in [1.165, 1.54) is 12.8 Å². The first-order valence-corrected chi connectivity index (χ1v) is 5.52. The van der Waals surface area contributed by atoms with Crippen molar-refractivity contribution in [1.82, 2.24) is 14.9 Å². The smallest absolute Gasteiger partial charge is 0.115 e. The highest BCUT2D eigenvalue weighted by molar-refractivity contribution is 5.06. The molecule has 1 aromatic heterocycles. The number of piperidine rings is 1. The highest BCUT2D eigenvalue weighted by atomic mass is 16.3. The van der Waals surface area contributed by atoms with Crippen molar-refractivity contribution in [3.8, 4) is 0 Å². The summed E-state index contributed by atoms with van der Waals surface area (Å²) in [6.07, 6.45) is 6.99. The molecule has 0 radical (unpaired) electrons. The molecule has 0 bridgehead atoms. The molecule has 0 unspecified atom stereocenters. The van der Waals surface area contributed by atoms with Crippen molar-refractivity contribution in [3.05, 3.63) is 24.3 Å². The average Bonchev–Trinajstić information content (AvgIpc) is 2.31. The van der Waals surface area contributed by atoms with E-state index in [1.54, 1.807) is 12.5 Å². The highest BCUT2D eigenvalue weighted by Crippen LogP contribution is 2.28. The topological polar surface area (TPSA) is 49.2 Å². The normalized spacial score (nSPS) is 22.9. The van der Waals surface area contributed by atoms with Crippen LogP contribution in [0.4, 0.5) is 0 Å². The van der Waals surface area contributed by atoms with Gasteiger partial charge in [-0.3, -0.25) is 4.90 Å². The fourth-order valence-electron chi connectivity index (χ4n) is 2.22. The molecule has 1 fully saturated rings. The molecule has 82 valence electrons. The zero-order valence-corrected chi connectivity index (χ0v) is 8.84. The van der Waals surface area contributed by atoms with Gasteiger partial charge in [-0.15, -0.1) is 0 Å². The maximum Gasteiger partial charge on any atom is 0.115 e. The highest BCUT2D eigenvalue weighted by Gasteiger charge is 2.23. The van der Waals surface area contributed by atoms with E-state index in [-0.39, 0.29) is 6.61 Å². The van der Waals surface area contributed by atoms with E-state index >= 15 is 0 Å². The Balaban J connectivity index is 2.11. The maximum atomic E-state index is 9.01. The zero-order valence-electron chi connectivity index (χ0n) is 8.84. The Hall–Kier alpha value is -1.00. The van der Waals surface area contributed by atoms with Gasteiger partial charge in [-0.25, -0.2) is 9.97 Å². The molecule has 0 spiro atoms. The van der Waals surface area contributed by atoms with Crippen molar-refractivity contribution in [2.24, 2.45) is 0 Å². The van der Waals surface area contributed by atoms with Crippen molar-refractivity contribution >= 4 is 0 Å². The Kier molecular flexibility index (Phi) is 3.64. The van der Waals surface area contributed by atoms with Crippen LogP contribution >= 0.6 is 0 Å². The SMILES string of the molecule is OCCN1CCCC[C@H]1c1ccncn1. The van der Waals surface area contributed by atoms with Crippen LogP contribution in [0.25, 0.3) is 0 Å². The van der Waals surface area contributed by atoms with Crippen molar-refractivity contribution < 1.29 is 5.11 Å². The van der Waals surface area contributed by atoms with Crippen LogP contribution in [-0.4, -0.2) is 39.7 Å². The minimum absolute atomic E-state index is 0.224. The molecule has 0 aliphatic carbocycles. The predicted molar refractivity (Wildman–Crippen MR) is 57.3 cm³/mol. The summed E-state index contributed by atoms with van der Waals surface area (Å²) < 4.78 is 0. The third kappa shape index (κ3) is 2.52. The van der Waals surface area contributed by atoms with Crippen LogP contribution in [0.3, 0.4) is 0 Å². The van der Waals surface area contributed by atoms with Gasteiger partial charge in [0.2, 0.25) is 0 Å². The molecule has 1 aromatic rings. The summed E-state index contributed by atoms with van der Waals surface area (Å²) in [5, 5.41) is 9.01. The van der Waals surface area contributed by atoms with E-state index in [9.17, 15) is 0 Å². The second-order valence-corrected chi connectivity index (χ2v) is 3.91. The molecule has 15 heavy (non-hydrogen) atoms. The molecule has 1 aliphatic heterocycles. The lowest BCUT2D eigenvalue weighted by molar-refractivity contribution is 0.114. The van der Waals surface area contributed by atoms with Gasteiger partial charge in [0.05, 0.1) is 18.3 Å². The van der Waals surface area contributed by atoms with Crippen LogP contribution in [-0.2, 0) is 0 Å². The molecule has 1 saturated heterocycles. The lowest BCUT2D eigenvalue weighted by Gasteiger charge is -2.34. The third-order valence-corrected chi connectivity index (χ3v) is 2.95. The number of likely N-dealkylation sites (tertiary alicyclic amines) is 1. The van der Waals surface area contributed by atoms with Crippen LogP contribution in [0.1, 0.15) is 31.0 Å². The quantitative estimate of drug-likeness (QED) is 0.803. The van der Waals surface area contributed by atoms with Crippen LogP contribution in [0.15, 0.2) is 18.6 Å². The van der Waals surface area contributed by atoms with Gasteiger partial charge >= 0.3 is 0 Å². The summed E-state index contributed by atoms with van der Waals surface area (Å²) in [6.45, 7) is 2.03. The number of hydrogen-bond donors (Lipinski definition) is 1. The van der Waals surface area contributed by atoms with E-state index in [1.807, 2.05) is 6.07 Å². The van der Waals surface area contributed by atoms with Gasteiger partial charge in [-0.2, -0.15) is 0 Å². The molecule has 1 atom stereocenters. The Morgan fingerprint density at radius 3 is 3.13 bits per heavy atom. The molecule has 4 heteroatoms. The number of β-amino-alcohol motifs (C(OH)–C–C–N with tert-alkyl or cyclic N) is 1. The summed E-state index contributed by atoms with van der Waals surface area (Å²) in [4.78, 5) is 10.5. The molecule has 1 N–H and O–H groups in total. The largest absolute Gasteiger partial charge is 0.395 e. The molecule has 2 heterocycles. The first-order chi connectivity index (χ1) is 7.42. The fraction of sp³-hybridized carbons (Fsp3) is 0.636. The summed E-state index contributed by atoms with van der Waals surface area (Å²) in [5.74, 6) is 0. The lowest BCUT2D eigenvalue weighted by Crippen LogP contribution is -2.35.